The molecule has 0 aliphatic carbocycles. The summed E-state index contributed by atoms with van der Waals surface area (Å²) in [5.41, 5.74) is 2.90. The molecule has 1 aliphatic rings. The average Bonchev–Trinajstić information content (AvgIpc) is 2.77. The van der Waals surface area contributed by atoms with Crippen LogP contribution in [0.2, 0.25) is 0 Å². The Morgan fingerprint density at radius 2 is 1.59 bits per heavy atom. The molecule has 0 unspecified atom stereocenters. The molecule has 0 saturated carbocycles. The van der Waals surface area contributed by atoms with E-state index in [1.165, 1.54) is 0 Å². The molecule has 29 heavy (non-hydrogen) atoms. The van der Waals surface area contributed by atoms with Crippen LogP contribution in [0.3, 0.4) is 0 Å². The van der Waals surface area contributed by atoms with Crippen molar-refractivity contribution in [1.29, 1.82) is 0 Å². The second-order valence-corrected chi connectivity index (χ2v) is 7.14. The number of nitrogens with zero attached hydrogens (tertiary/aromatic N) is 3. The van der Waals surface area contributed by atoms with Crippen LogP contribution >= 0.6 is 0 Å². The van der Waals surface area contributed by atoms with Gasteiger partial charge < -0.3 is 14.5 Å². The molecule has 0 spiro atoms. The second kappa shape index (κ2) is 7.91. The number of carbonyl (C=O) groups excluding carboxylic acids is 2. The number of carbonyl (C=O) groups is 2. The van der Waals surface area contributed by atoms with Crippen LogP contribution in [0.15, 0.2) is 54.6 Å². The van der Waals surface area contributed by atoms with E-state index < -0.39 is 0 Å². The van der Waals surface area contributed by atoms with Crippen LogP contribution in [0.1, 0.15) is 26.4 Å². The molecule has 2 aromatic carbocycles. The van der Waals surface area contributed by atoms with Crippen LogP contribution in [0.25, 0.3) is 10.9 Å². The Balaban J connectivity index is 1.48. The Bertz CT molecular complexity index is 1070. The standard InChI is InChI=1S/C23H23N3O3/c1-16-14-20(19-8-3-4-9-21(19)24-16)23(28)26-12-10-25(11-13-26)22(27)17-6-5-7-18(15-17)29-2/h3-9,14-15H,10-13H2,1-2H3. The summed E-state index contributed by atoms with van der Waals surface area (Å²) in [6.45, 7) is 3.91. The van der Waals surface area contributed by atoms with E-state index in [1.807, 2.05) is 54.3 Å². The van der Waals surface area contributed by atoms with E-state index in [4.69, 9.17) is 4.74 Å². The number of aryl methyl sites for hydroxylation is 1. The van der Waals surface area contributed by atoms with Crippen molar-refractivity contribution in [3.63, 3.8) is 0 Å². The fraction of sp³-hybridized carbons (Fsp3) is 0.261. The van der Waals surface area contributed by atoms with Crippen LogP contribution in [-0.2, 0) is 0 Å². The van der Waals surface area contributed by atoms with Crippen molar-refractivity contribution < 1.29 is 14.3 Å². The lowest BCUT2D eigenvalue weighted by molar-refractivity contribution is 0.0536. The number of ether oxygens (including phenoxy) is 1. The molecule has 6 nitrogen and oxygen atoms in total. The van der Waals surface area contributed by atoms with E-state index in [0.717, 1.165) is 16.6 Å². The van der Waals surface area contributed by atoms with Crippen molar-refractivity contribution in [2.24, 2.45) is 0 Å². The Labute approximate surface area is 169 Å². The summed E-state index contributed by atoms with van der Waals surface area (Å²) in [4.78, 5) is 34.1. The van der Waals surface area contributed by atoms with Crippen molar-refractivity contribution in [1.82, 2.24) is 14.8 Å². The van der Waals surface area contributed by atoms with E-state index in [0.29, 0.717) is 43.1 Å². The Morgan fingerprint density at radius 3 is 2.31 bits per heavy atom. The minimum absolute atomic E-state index is 0.0137. The third-order valence-electron chi connectivity index (χ3n) is 5.25. The number of para-hydroxylation sites is 1. The number of methoxy groups -OCH3 is 1. The Kier molecular flexibility index (Phi) is 5.16. The van der Waals surface area contributed by atoms with Crippen LogP contribution in [0.5, 0.6) is 5.75 Å². The van der Waals surface area contributed by atoms with E-state index in [1.54, 1.807) is 24.1 Å². The molecule has 1 aromatic heterocycles. The summed E-state index contributed by atoms with van der Waals surface area (Å²) < 4.78 is 5.21. The largest absolute Gasteiger partial charge is 0.497 e. The first kappa shape index (κ1) is 18.9. The van der Waals surface area contributed by atoms with Crippen molar-refractivity contribution in [2.75, 3.05) is 33.3 Å². The second-order valence-electron chi connectivity index (χ2n) is 7.14. The first-order valence-corrected chi connectivity index (χ1v) is 9.66. The summed E-state index contributed by atoms with van der Waals surface area (Å²) in [5.74, 6) is 0.603. The van der Waals surface area contributed by atoms with Gasteiger partial charge in [-0.15, -0.1) is 0 Å². The van der Waals surface area contributed by atoms with Crippen molar-refractivity contribution >= 4 is 22.7 Å². The minimum Gasteiger partial charge on any atom is -0.497 e. The molecular weight excluding hydrogens is 366 g/mol. The van der Waals surface area contributed by atoms with Gasteiger partial charge in [-0.1, -0.05) is 24.3 Å². The lowest BCUT2D eigenvalue weighted by Gasteiger charge is -2.35. The highest BCUT2D eigenvalue weighted by Gasteiger charge is 2.26. The Hall–Kier alpha value is -3.41. The highest BCUT2D eigenvalue weighted by atomic mass is 16.5. The van der Waals surface area contributed by atoms with E-state index in [9.17, 15) is 9.59 Å². The number of fused-ring (bicyclic) bond motifs is 1. The molecule has 148 valence electrons. The van der Waals surface area contributed by atoms with Gasteiger partial charge in [-0.05, 0) is 37.3 Å². The lowest BCUT2D eigenvalue weighted by Crippen LogP contribution is -2.50. The van der Waals surface area contributed by atoms with Gasteiger partial charge in [-0.3, -0.25) is 14.6 Å². The quantitative estimate of drug-likeness (QED) is 0.690. The number of hydrogen-bond acceptors (Lipinski definition) is 4. The maximum Gasteiger partial charge on any atom is 0.254 e. The van der Waals surface area contributed by atoms with E-state index in [-0.39, 0.29) is 11.8 Å². The molecule has 0 N–H and O–H groups in total. The van der Waals surface area contributed by atoms with Crippen molar-refractivity contribution in [2.45, 2.75) is 6.92 Å². The topological polar surface area (TPSA) is 62.7 Å². The number of amides is 2. The lowest BCUT2D eigenvalue weighted by atomic mass is 10.1. The fourth-order valence-electron chi connectivity index (χ4n) is 3.71. The molecule has 0 radical (unpaired) electrons. The maximum atomic E-state index is 13.2. The van der Waals surface area contributed by atoms with Crippen LogP contribution in [0, 0.1) is 6.92 Å². The van der Waals surface area contributed by atoms with E-state index >= 15 is 0 Å². The van der Waals surface area contributed by atoms with Gasteiger partial charge in [0.15, 0.2) is 0 Å². The van der Waals surface area contributed by atoms with Gasteiger partial charge in [0.05, 0.1) is 18.2 Å². The Morgan fingerprint density at radius 1 is 0.897 bits per heavy atom. The predicted molar refractivity (Wildman–Crippen MR) is 111 cm³/mol. The molecule has 2 heterocycles. The summed E-state index contributed by atoms with van der Waals surface area (Å²) in [6, 6.07) is 16.7. The SMILES string of the molecule is COc1cccc(C(=O)N2CCN(C(=O)c3cc(C)nc4ccccc34)CC2)c1. The molecule has 1 aliphatic heterocycles. The molecule has 4 rings (SSSR count). The molecule has 0 bridgehead atoms. The highest BCUT2D eigenvalue weighted by Crippen LogP contribution is 2.21. The molecule has 0 atom stereocenters. The minimum atomic E-state index is -0.0406. The van der Waals surface area contributed by atoms with Gasteiger partial charge in [-0.25, -0.2) is 0 Å². The van der Waals surface area contributed by atoms with Gasteiger partial charge in [0.25, 0.3) is 11.8 Å². The molecule has 1 saturated heterocycles. The normalized spacial score (nSPS) is 14.1. The third-order valence-corrected chi connectivity index (χ3v) is 5.25. The van der Waals surface area contributed by atoms with Crippen LogP contribution < -0.4 is 4.74 Å². The summed E-state index contributed by atoms with van der Waals surface area (Å²) >= 11 is 0. The van der Waals surface area contributed by atoms with Crippen molar-refractivity contribution in [3.05, 3.63) is 71.4 Å². The van der Waals surface area contributed by atoms with Crippen LogP contribution in [-0.4, -0.2) is 59.9 Å². The average molecular weight is 389 g/mol. The number of pyridine rings is 1. The number of piperazine rings is 1. The van der Waals surface area contributed by atoms with Crippen molar-refractivity contribution in [3.8, 4) is 5.75 Å². The third kappa shape index (κ3) is 3.78. The maximum absolute atomic E-state index is 13.2. The summed E-state index contributed by atoms with van der Waals surface area (Å²) in [7, 11) is 1.58. The zero-order valence-corrected chi connectivity index (χ0v) is 16.6. The van der Waals surface area contributed by atoms with Gasteiger partial charge in [0.2, 0.25) is 0 Å². The van der Waals surface area contributed by atoms with Gasteiger partial charge in [0, 0.05) is 42.8 Å². The fourth-order valence-corrected chi connectivity index (χ4v) is 3.71. The van der Waals surface area contributed by atoms with E-state index in [2.05, 4.69) is 4.98 Å². The molecule has 1 fully saturated rings. The highest BCUT2D eigenvalue weighted by molar-refractivity contribution is 6.06. The van der Waals surface area contributed by atoms with Gasteiger partial charge in [0.1, 0.15) is 5.75 Å². The van der Waals surface area contributed by atoms with Crippen LogP contribution in [0.4, 0.5) is 0 Å². The van der Waals surface area contributed by atoms with Gasteiger partial charge >= 0.3 is 0 Å². The zero-order valence-electron chi connectivity index (χ0n) is 16.6. The number of rotatable bonds is 3. The number of benzene rings is 2. The molecular formula is C23H23N3O3. The monoisotopic (exact) mass is 389 g/mol. The smallest absolute Gasteiger partial charge is 0.254 e. The predicted octanol–water partition coefficient (Wildman–Crippen LogP) is 3.15. The number of aromatic nitrogens is 1. The molecule has 6 heteroatoms. The summed E-state index contributed by atoms with van der Waals surface area (Å²) in [6.07, 6.45) is 0. The summed E-state index contributed by atoms with van der Waals surface area (Å²) in [5, 5.41) is 0.859. The first-order chi connectivity index (χ1) is 14.1. The van der Waals surface area contributed by atoms with Gasteiger partial charge in [-0.2, -0.15) is 0 Å². The number of hydrogen-bond donors (Lipinski definition) is 0. The molecule has 3 aromatic rings. The zero-order chi connectivity index (χ0) is 20.4. The molecule has 2 amide bonds. The first-order valence-electron chi connectivity index (χ1n) is 9.66.